The van der Waals surface area contributed by atoms with Crippen LogP contribution in [-0.4, -0.2) is 6.29 Å². The van der Waals surface area contributed by atoms with Crippen LogP contribution in [-0.2, 0) is 6.61 Å². The first-order valence-corrected chi connectivity index (χ1v) is 6.11. The number of aldehydes is 1. The van der Waals surface area contributed by atoms with Crippen molar-refractivity contribution in [2.45, 2.75) is 6.61 Å². The van der Waals surface area contributed by atoms with Crippen molar-refractivity contribution in [3.8, 4) is 5.75 Å². The Morgan fingerprint density at radius 2 is 1.89 bits per heavy atom. The normalized spacial score (nSPS) is 10.1. The van der Waals surface area contributed by atoms with Gasteiger partial charge in [-0.15, -0.1) is 0 Å². The van der Waals surface area contributed by atoms with E-state index in [0.29, 0.717) is 10.8 Å². The molecule has 0 saturated heterocycles. The van der Waals surface area contributed by atoms with E-state index in [1.165, 1.54) is 12.1 Å². The predicted octanol–water partition coefficient (Wildman–Crippen LogP) is 3.98. The number of hydrogen-bond acceptors (Lipinski definition) is 2. The maximum absolute atomic E-state index is 13.4. The number of ether oxygens (including phenoxy) is 1. The Bertz CT molecular complexity index is 555. The summed E-state index contributed by atoms with van der Waals surface area (Å²) in [6.07, 6.45) is 0.459. The Morgan fingerprint density at radius 3 is 2.56 bits per heavy atom. The summed E-state index contributed by atoms with van der Waals surface area (Å²) < 4.78 is 19.5. The quantitative estimate of drug-likeness (QED) is 0.799. The highest BCUT2D eigenvalue weighted by Gasteiger charge is 2.13. The predicted molar refractivity (Wildman–Crippen MR) is 70.3 cm³/mol. The van der Waals surface area contributed by atoms with Crippen LogP contribution >= 0.6 is 15.9 Å². The Balaban J connectivity index is 2.24. The molecular formula is C14H10BrFO2. The molecule has 0 heterocycles. The number of carbonyl (C=O) groups excluding carboxylic acids is 1. The van der Waals surface area contributed by atoms with E-state index in [-0.39, 0.29) is 17.9 Å². The van der Waals surface area contributed by atoms with Gasteiger partial charge in [-0.25, -0.2) is 4.39 Å². The average Bonchev–Trinajstić information content (AvgIpc) is 2.41. The fraction of sp³-hybridized carbons (Fsp3) is 0.0714. The van der Waals surface area contributed by atoms with Crippen LogP contribution in [0.2, 0.25) is 0 Å². The molecule has 0 unspecified atom stereocenters. The van der Waals surface area contributed by atoms with E-state index in [0.717, 1.165) is 5.56 Å². The molecule has 0 amide bonds. The number of rotatable bonds is 4. The van der Waals surface area contributed by atoms with Gasteiger partial charge in [-0.05, 0) is 33.6 Å². The summed E-state index contributed by atoms with van der Waals surface area (Å²) in [5.41, 5.74) is 0.880. The zero-order chi connectivity index (χ0) is 13.0. The molecule has 0 aliphatic heterocycles. The van der Waals surface area contributed by atoms with Gasteiger partial charge in [0.25, 0.3) is 0 Å². The second kappa shape index (κ2) is 5.78. The summed E-state index contributed by atoms with van der Waals surface area (Å²) in [6.45, 7) is 0.281. The van der Waals surface area contributed by atoms with Crippen LogP contribution in [0.5, 0.6) is 5.75 Å². The van der Waals surface area contributed by atoms with Gasteiger partial charge in [0.15, 0.2) is 6.29 Å². The van der Waals surface area contributed by atoms with Gasteiger partial charge in [0.05, 0.1) is 10.0 Å². The first kappa shape index (κ1) is 12.8. The third kappa shape index (κ3) is 2.76. The summed E-state index contributed by atoms with van der Waals surface area (Å²) in [5, 5.41) is 0. The van der Waals surface area contributed by atoms with Crippen molar-refractivity contribution in [1.82, 2.24) is 0 Å². The average molecular weight is 309 g/mol. The molecule has 0 saturated carbocycles. The highest BCUT2D eigenvalue weighted by Crippen LogP contribution is 2.30. The monoisotopic (exact) mass is 308 g/mol. The molecule has 2 nitrogen and oxygen atoms in total. The Labute approximate surface area is 113 Å². The van der Waals surface area contributed by atoms with Crippen LogP contribution in [0.1, 0.15) is 15.9 Å². The third-order valence-electron chi connectivity index (χ3n) is 2.44. The summed E-state index contributed by atoms with van der Waals surface area (Å²) in [7, 11) is 0. The van der Waals surface area contributed by atoms with Gasteiger partial charge >= 0.3 is 0 Å². The van der Waals surface area contributed by atoms with Gasteiger partial charge in [0.2, 0.25) is 0 Å². The molecule has 2 aromatic rings. The molecule has 0 fully saturated rings. The van der Waals surface area contributed by atoms with Gasteiger partial charge < -0.3 is 4.74 Å². The van der Waals surface area contributed by atoms with E-state index in [9.17, 15) is 9.18 Å². The molecule has 0 aliphatic carbocycles. The van der Waals surface area contributed by atoms with Crippen molar-refractivity contribution in [2.75, 3.05) is 0 Å². The topological polar surface area (TPSA) is 26.3 Å². The van der Waals surface area contributed by atoms with Gasteiger partial charge in [-0.3, -0.25) is 4.79 Å². The van der Waals surface area contributed by atoms with Crippen molar-refractivity contribution in [3.63, 3.8) is 0 Å². The molecule has 0 spiro atoms. The van der Waals surface area contributed by atoms with Gasteiger partial charge in [0, 0.05) is 0 Å². The van der Waals surface area contributed by atoms with Gasteiger partial charge in [-0.2, -0.15) is 0 Å². The molecule has 92 valence electrons. The smallest absolute Gasteiger partial charge is 0.156 e. The lowest BCUT2D eigenvalue weighted by molar-refractivity contribution is 0.111. The number of benzene rings is 2. The number of carbonyl (C=O) groups is 1. The summed E-state index contributed by atoms with van der Waals surface area (Å²) in [6, 6.07) is 12.2. The van der Waals surface area contributed by atoms with E-state index in [4.69, 9.17) is 4.74 Å². The zero-order valence-corrected chi connectivity index (χ0v) is 11.0. The van der Waals surface area contributed by atoms with Gasteiger partial charge in [0.1, 0.15) is 18.2 Å². The third-order valence-corrected chi connectivity index (χ3v) is 3.06. The molecule has 0 bridgehead atoms. The molecular weight excluding hydrogens is 299 g/mol. The van der Waals surface area contributed by atoms with Crippen molar-refractivity contribution in [1.29, 1.82) is 0 Å². The molecule has 18 heavy (non-hydrogen) atoms. The minimum atomic E-state index is -0.587. The van der Waals surface area contributed by atoms with E-state index < -0.39 is 5.82 Å². The van der Waals surface area contributed by atoms with Crippen LogP contribution in [0.4, 0.5) is 4.39 Å². The summed E-state index contributed by atoms with van der Waals surface area (Å²) in [5.74, 6) is -0.356. The van der Waals surface area contributed by atoms with E-state index in [2.05, 4.69) is 15.9 Å². The van der Waals surface area contributed by atoms with Crippen molar-refractivity contribution >= 4 is 22.2 Å². The Kier molecular flexibility index (Phi) is 4.10. The van der Waals surface area contributed by atoms with Crippen LogP contribution in [0.3, 0.4) is 0 Å². The largest absolute Gasteiger partial charge is 0.487 e. The van der Waals surface area contributed by atoms with Crippen LogP contribution in [0.25, 0.3) is 0 Å². The minimum absolute atomic E-state index is 0.0692. The molecule has 0 N–H and O–H groups in total. The second-order valence-electron chi connectivity index (χ2n) is 3.66. The lowest BCUT2D eigenvalue weighted by Crippen LogP contribution is -2.01. The van der Waals surface area contributed by atoms with E-state index in [1.54, 1.807) is 0 Å². The van der Waals surface area contributed by atoms with Crippen molar-refractivity contribution in [2.24, 2.45) is 0 Å². The fourth-order valence-electron chi connectivity index (χ4n) is 1.54. The Hall–Kier alpha value is -1.68. The van der Waals surface area contributed by atoms with Crippen molar-refractivity contribution in [3.05, 3.63) is 63.9 Å². The molecule has 4 heteroatoms. The lowest BCUT2D eigenvalue weighted by Gasteiger charge is -2.11. The minimum Gasteiger partial charge on any atom is -0.487 e. The molecule has 0 aromatic heterocycles. The first-order valence-electron chi connectivity index (χ1n) is 5.32. The Morgan fingerprint density at radius 1 is 1.17 bits per heavy atom. The second-order valence-corrected chi connectivity index (χ2v) is 4.52. The van der Waals surface area contributed by atoms with Crippen molar-refractivity contribution < 1.29 is 13.9 Å². The van der Waals surface area contributed by atoms with Crippen LogP contribution < -0.4 is 4.74 Å². The molecule has 2 aromatic carbocycles. The van der Waals surface area contributed by atoms with Crippen LogP contribution in [0.15, 0.2) is 46.9 Å². The maximum atomic E-state index is 13.4. The molecule has 0 aliphatic rings. The highest BCUT2D eigenvalue weighted by molar-refractivity contribution is 9.10. The summed E-state index contributed by atoms with van der Waals surface area (Å²) >= 11 is 3.25. The van der Waals surface area contributed by atoms with E-state index in [1.807, 2.05) is 30.3 Å². The summed E-state index contributed by atoms with van der Waals surface area (Å²) in [4.78, 5) is 10.9. The lowest BCUT2D eigenvalue weighted by atomic mass is 10.2. The van der Waals surface area contributed by atoms with E-state index >= 15 is 0 Å². The molecule has 2 rings (SSSR count). The zero-order valence-electron chi connectivity index (χ0n) is 9.40. The molecule has 0 radical (unpaired) electrons. The number of halogens is 2. The highest BCUT2D eigenvalue weighted by atomic mass is 79.9. The SMILES string of the molecule is O=Cc1c(F)ccc(Br)c1OCc1ccccc1. The standard InChI is InChI=1S/C14H10BrFO2/c15-12-6-7-13(16)11(8-17)14(12)18-9-10-4-2-1-3-5-10/h1-8H,9H2. The fourth-order valence-corrected chi connectivity index (χ4v) is 2.00. The maximum Gasteiger partial charge on any atom is 0.156 e. The van der Waals surface area contributed by atoms with Gasteiger partial charge in [-0.1, -0.05) is 30.3 Å². The van der Waals surface area contributed by atoms with Crippen LogP contribution in [0, 0.1) is 5.82 Å². The molecule has 0 atom stereocenters. The first-order chi connectivity index (χ1) is 8.72. The number of hydrogen-bond donors (Lipinski definition) is 0.